The summed E-state index contributed by atoms with van der Waals surface area (Å²) in [5.74, 6) is 0.752. The van der Waals surface area contributed by atoms with E-state index in [1.807, 2.05) is 16.8 Å². The summed E-state index contributed by atoms with van der Waals surface area (Å²) in [6.45, 7) is 3.66. The zero-order valence-electron chi connectivity index (χ0n) is 15.3. The summed E-state index contributed by atoms with van der Waals surface area (Å²) in [6.07, 6.45) is 3.85. The number of thiocarbonyl (C=S) groups is 1. The summed E-state index contributed by atoms with van der Waals surface area (Å²) in [4.78, 5) is 29.5. The number of thioether (sulfide) groups is 1. The predicted molar refractivity (Wildman–Crippen MR) is 110 cm³/mol. The monoisotopic (exact) mass is 405 g/mol. The fourth-order valence-electron chi connectivity index (χ4n) is 4.25. The Morgan fingerprint density at radius 3 is 2.96 bits per heavy atom. The van der Waals surface area contributed by atoms with Gasteiger partial charge in [-0.25, -0.2) is 0 Å². The number of nitrogens with zero attached hydrogens (tertiary/aromatic N) is 3. The van der Waals surface area contributed by atoms with E-state index in [9.17, 15) is 9.59 Å². The minimum atomic E-state index is -0.00606. The molecule has 0 unspecified atom stereocenters. The lowest BCUT2D eigenvalue weighted by atomic mass is 9.83. The molecule has 3 aliphatic heterocycles. The smallest absolute Gasteiger partial charge is 0.267 e. The van der Waals surface area contributed by atoms with Crippen molar-refractivity contribution < 1.29 is 9.53 Å². The van der Waals surface area contributed by atoms with Crippen LogP contribution >= 0.6 is 24.0 Å². The Balaban J connectivity index is 1.49. The summed E-state index contributed by atoms with van der Waals surface area (Å²) in [7, 11) is 1.66. The third-order valence-corrected chi connectivity index (χ3v) is 6.78. The molecule has 1 amide bonds. The first kappa shape index (κ1) is 18.7. The topological polar surface area (TPSA) is 54.8 Å². The van der Waals surface area contributed by atoms with Gasteiger partial charge in [0, 0.05) is 63.8 Å². The van der Waals surface area contributed by atoms with Gasteiger partial charge in [0.2, 0.25) is 0 Å². The second-order valence-corrected chi connectivity index (χ2v) is 8.99. The van der Waals surface area contributed by atoms with Crippen molar-refractivity contribution in [3.05, 3.63) is 45.4 Å². The number of piperidine rings is 1. The zero-order valence-corrected chi connectivity index (χ0v) is 16.9. The first-order valence-electron chi connectivity index (χ1n) is 9.25. The van der Waals surface area contributed by atoms with Crippen LogP contribution in [0.25, 0.3) is 0 Å². The molecule has 0 spiro atoms. The maximum atomic E-state index is 12.7. The fraction of sp³-hybridized carbons (Fsp3) is 0.526. The number of methoxy groups -OCH3 is 1. The maximum Gasteiger partial charge on any atom is 0.267 e. The SMILES string of the molecule is COCCCN1C(=O)/C(=C/N2C[C@@H]3C[C@H](C2)c2cccc(=O)n2C3)SC1=S. The molecule has 4 heterocycles. The van der Waals surface area contributed by atoms with Gasteiger partial charge in [-0.15, -0.1) is 0 Å². The number of aromatic nitrogens is 1. The van der Waals surface area contributed by atoms with E-state index in [0.717, 1.165) is 38.2 Å². The Morgan fingerprint density at radius 2 is 2.15 bits per heavy atom. The van der Waals surface area contributed by atoms with E-state index in [0.29, 0.717) is 34.2 Å². The minimum absolute atomic E-state index is 0.00606. The summed E-state index contributed by atoms with van der Waals surface area (Å²) in [5, 5.41) is 0. The maximum absolute atomic E-state index is 12.7. The van der Waals surface area contributed by atoms with Crippen molar-refractivity contribution in [3.63, 3.8) is 0 Å². The molecule has 0 saturated carbocycles. The third-order valence-electron chi connectivity index (χ3n) is 5.41. The van der Waals surface area contributed by atoms with Crippen LogP contribution in [0.4, 0.5) is 0 Å². The van der Waals surface area contributed by atoms with Gasteiger partial charge in [-0.05, 0) is 24.8 Å². The van der Waals surface area contributed by atoms with Crippen molar-refractivity contribution in [1.82, 2.24) is 14.4 Å². The van der Waals surface area contributed by atoms with E-state index >= 15 is 0 Å². The van der Waals surface area contributed by atoms with Gasteiger partial charge in [-0.1, -0.05) is 30.0 Å². The van der Waals surface area contributed by atoms with Crippen LogP contribution in [0.1, 0.15) is 24.5 Å². The number of ether oxygens (including phenoxy) is 1. The Kier molecular flexibility index (Phi) is 5.39. The Labute approximate surface area is 168 Å². The number of pyridine rings is 1. The van der Waals surface area contributed by atoms with Gasteiger partial charge in [0.1, 0.15) is 4.32 Å². The average Bonchev–Trinajstić information content (AvgIpc) is 2.90. The lowest BCUT2D eigenvalue weighted by Gasteiger charge is -2.42. The van der Waals surface area contributed by atoms with Crippen molar-refractivity contribution in [2.45, 2.75) is 25.3 Å². The molecule has 0 radical (unpaired) electrons. The van der Waals surface area contributed by atoms with Gasteiger partial charge in [0.05, 0.1) is 4.91 Å². The van der Waals surface area contributed by atoms with E-state index in [4.69, 9.17) is 17.0 Å². The molecule has 2 atom stereocenters. The van der Waals surface area contributed by atoms with E-state index in [1.165, 1.54) is 11.8 Å². The molecule has 1 aromatic rings. The molecule has 4 rings (SSSR count). The van der Waals surface area contributed by atoms with Crippen LogP contribution in [0.3, 0.4) is 0 Å². The molecule has 0 aliphatic carbocycles. The quantitative estimate of drug-likeness (QED) is 0.424. The van der Waals surface area contributed by atoms with Crippen LogP contribution in [0.5, 0.6) is 0 Å². The number of hydrogen-bond acceptors (Lipinski definition) is 6. The van der Waals surface area contributed by atoms with Gasteiger partial charge in [-0.3, -0.25) is 14.5 Å². The average molecular weight is 406 g/mol. The lowest BCUT2D eigenvalue weighted by Crippen LogP contribution is -2.45. The lowest BCUT2D eigenvalue weighted by molar-refractivity contribution is -0.122. The normalized spacial score (nSPS) is 26.0. The fourth-order valence-corrected chi connectivity index (χ4v) is 5.57. The molecule has 1 aromatic heterocycles. The second kappa shape index (κ2) is 7.77. The van der Waals surface area contributed by atoms with Crippen LogP contribution in [-0.2, 0) is 16.1 Å². The number of amides is 1. The predicted octanol–water partition coefficient (Wildman–Crippen LogP) is 2.01. The van der Waals surface area contributed by atoms with Crippen LogP contribution in [0.15, 0.2) is 34.1 Å². The molecule has 2 saturated heterocycles. The number of hydrogen-bond donors (Lipinski definition) is 0. The molecule has 0 aromatic carbocycles. The third kappa shape index (κ3) is 3.70. The van der Waals surface area contributed by atoms with Crippen molar-refractivity contribution in [2.24, 2.45) is 5.92 Å². The largest absolute Gasteiger partial charge is 0.385 e. The summed E-state index contributed by atoms with van der Waals surface area (Å²) in [5.41, 5.74) is 1.21. The molecule has 3 aliphatic rings. The van der Waals surface area contributed by atoms with Crippen molar-refractivity contribution in [2.75, 3.05) is 33.4 Å². The summed E-state index contributed by atoms with van der Waals surface area (Å²) < 4.78 is 7.61. The molecule has 2 fully saturated rings. The van der Waals surface area contributed by atoms with Gasteiger partial charge in [0.25, 0.3) is 11.5 Å². The van der Waals surface area contributed by atoms with Crippen molar-refractivity contribution in [3.8, 4) is 0 Å². The Hall–Kier alpha value is -1.64. The highest BCUT2D eigenvalue weighted by Gasteiger charge is 2.36. The van der Waals surface area contributed by atoms with E-state index < -0.39 is 0 Å². The van der Waals surface area contributed by atoms with Gasteiger partial charge < -0.3 is 14.2 Å². The van der Waals surface area contributed by atoms with Crippen molar-refractivity contribution >= 4 is 34.2 Å². The molecule has 27 heavy (non-hydrogen) atoms. The second-order valence-electron chi connectivity index (χ2n) is 7.32. The molecule has 6 nitrogen and oxygen atoms in total. The molecule has 0 N–H and O–H groups in total. The van der Waals surface area contributed by atoms with Gasteiger partial charge in [-0.2, -0.15) is 0 Å². The molecule has 144 valence electrons. The molecule has 8 heteroatoms. The Bertz CT molecular complexity index is 851. The first-order chi connectivity index (χ1) is 13.1. The van der Waals surface area contributed by atoms with E-state index in [1.54, 1.807) is 18.1 Å². The molecular weight excluding hydrogens is 382 g/mol. The number of fused-ring (bicyclic) bond motifs is 4. The minimum Gasteiger partial charge on any atom is -0.385 e. The van der Waals surface area contributed by atoms with E-state index in [2.05, 4.69) is 11.0 Å². The standard InChI is InChI=1S/C19H23N3O3S2/c1-25-7-3-6-21-18(24)16(27-19(21)26)12-20-9-13-8-14(11-20)15-4-2-5-17(23)22(15)10-13/h2,4-5,12-14H,3,6-11H2,1H3/b16-12-/t13-,14+/m0/s1. The van der Waals surface area contributed by atoms with Crippen LogP contribution in [0, 0.1) is 5.92 Å². The number of likely N-dealkylation sites (tertiary alicyclic amines) is 1. The zero-order chi connectivity index (χ0) is 19.0. The number of carbonyl (C=O) groups excluding carboxylic acids is 1. The van der Waals surface area contributed by atoms with Crippen LogP contribution in [0.2, 0.25) is 0 Å². The molecule has 2 bridgehead atoms. The van der Waals surface area contributed by atoms with Crippen LogP contribution in [-0.4, -0.2) is 57.9 Å². The van der Waals surface area contributed by atoms with Gasteiger partial charge in [0.15, 0.2) is 0 Å². The first-order valence-corrected chi connectivity index (χ1v) is 10.5. The van der Waals surface area contributed by atoms with Gasteiger partial charge >= 0.3 is 0 Å². The molecular formula is C19H23N3O3S2. The summed E-state index contributed by atoms with van der Waals surface area (Å²) >= 11 is 6.77. The highest BCUT2D eigenvalue weighted by molar-refractivity contribution is 8.26. The highest BCUT2D eigenvalue weighted by Crippen LogP contribution is 2.37. The number of rotatable bonds is 5. The van der Waals surface area contributed by atoms with E-state index in [-0.39, 0.29) is 11.5 Å². The summed E-state index contributed by atoms with van der Waals surface area (Å²) in [6, 6.07) is 5.54. The Morgan fingerprint density at radius 1 is 1.30 bits per heavy atom. The van der Waals surface area contributed by atoms with Crippen LogP contribution < -0.4 is 5.56 Å². The number of carbonyl (C=O) groups is 1. The highest BCUT2D eigenvalue weighted by atomic mass is 32.2. The van der Waals surface area contributed by atoms with Crippen molar-refractivity contribution in [1.29, 1.82) is 0 Å².